The molecule has 0 radical (unpaired) electrons. The predicted molar refractivity (Wildman–Crippen MR) is 663 cm³/mol. The molecule has 1 aliphatic heterocycles. The molecule has 14 nitrogen and oxygen atoms in total. The highest BCUT2D eigenvalue weighted by molar-refractivity contribution is 5.42. The number of nitrogens with zero attached hydrogens (tertiary/aromatic N) is 4. The zero-order valence-electron chi connectivity index (χ0n) is 106. The van der Waals surface area contributed by atoms with E-state index in [2.05, 4.69) is 453 Å². The van der Waals surface area contributed by atoms with Crippen molar-refractivity contribution in [1.29, 1.82) is 0 Å². The van der Waals surface area contributed by atoms with Crippen molar-refractivity contribution in [2.75, 3.05) is 82.9 Å². The number of hydrogen-bond acceptors (Lipinski definition) is 14. The first-order valence-electron chi connectivity index (χ1n) is 57.9. The van der Waals surface area contributed by atoms with Gasteiger partial charge in [0.15, 0.2) is 0 Å². The third-order valence-electron chi connectivity index (χ3n) is 28.3. The molecule has 0 unspecified atom stereocenters. The Kier molecular flexibility index (Phi) is 74.1. The number of nitrogens with one attached hydrogen (secondary N) is 4. The number of hydrogen-bond donors (Lipinski definition) is 10. The second-order valence-electron chi connectivity index (χ2n) is 55.8. The monoisotopic (exact) mass is 2080 g/mol. The number of aliphatic hydroxyl groups is 4. The largest absolute Gasteiger partial charge is 0.396 e. The maximum Gasteiger partial charge on any atom is 0.0489 e. The molecule has 7 aromatic rings. The molecule has 0 atom stereocenters. The van der Waals surface area contributed by atoms with Gasteiger partial charge in [0, 0.05) is 125 Å². The van der Waals surface area contributed by atoms with Crippen molar-refractivity contribution >= 4 is 11.4 Å². The number of aryl methyl sites for hydroxylation is 2. The Morgan fingerprint density at radius 1 is 0.433 bits per heavy atom. The van der Waals surface area contributed by atoms with Crippen LogP contribution in [0.5, 0.6) is 0 Å². The predicted octanol–water partition coefficient (Wildman–Crippen LogP) is 34.4. The van der Waals surface area contributed by atoms with Gasteiger partial charge in [-0.1, -0.05) is 387 Å². The summed E-state index contributed by atoms with van der Waals surface area (Å²) in [5.41, 5.74) is 27.4. The lowest BCUT2D eigenvalue weighted by atomic mass is 9.81. The van der Waals surface area contributed by atoms with Crippen LogP contribution in [0.3, 0.4) is 0 Å². The van der Waals surface area contributed by atoms with Crippen LogP contribution in [0.2, 0.25) is 0 Å². The third kappa shape index (κ3) is 83.3. The summed E-state index contributed by atoms with van der Waals surface area (Å²) in [7, 11) is 0. The lowest BCUT2D eigenvalue weighted by Gasteiger charge is -2.26. The van der Waals surface area contributed by atoms with E-state index in [-0.39, 0.29) is 36.6 Å². The summed E-state index contributed by atoms with van der Waals surface area (Å²) >= 11 is 0. The van der Waals surface area contributed by atoms with Crippen molar-refractivity contribution < 1.29 is 20.4 Å². The Morgan fingerprint density at radius 2 is 0.847 bits per heavy atom. The fourth-order valence-corrected chi connectivity index (χ4v) is 13.6. The molecule has 0 amide bonds. The molecule has 4 aliphatic carbocycles. The Labute approximate surface area is 928 Å². The molecular weight excluding hydrogens is 1840 g/mol. The quantitative estimate of drug-likeness (QED) is 0.0190. The molecule has 4 saturated carbocycles. The van der Waals surface area contributed by atoms with Gasteiger partial charge in [0.25, 0.3) is 0 Å². The Bertz CT molecular complexity index is 4310. The van der Waals surface area contributed by atoms with Crippen molar-refractivity contribution in [2.45, 2.75) is 436 Å². The first kappa shape index (κ1) is 147. The minimum Gasteiger partial charge on any atom is -0.396 e. The summed E-state index contributed by atoms with van der Waals surface area (Å²) in [5, 5.41) is 48.4. The zero-order chi connectivity index (χ0) is 116. The number of anilines is 2. The topological polar surface area (TPSA) is 233 Å². The molecule has 0 bridgehead atoms. The Hall–Kier alpha value is -7.16. The second-order valence-corrected chi connectivity index (χ2v) is 55.8. The summed E-state index contributed by atoms with van der Waals surface area (Å²) in [5.74, 6) is 12.6. The van der Waals surface area contributed by atoms with E-state index in [9.17, 15) is 0 Å². The van der Waals surface area contributed by atoms with Gasteiger partial charge in [-0.25, -0.2) is 0 Å². The normalized spacial score (nSPS) is 14.6. The van der Waals surface area contributed by atoms with E-state index in [1.807, 2.05) is 81.4 Å². The van der Waals surface area contributed by atoms with Crippen LogP contribution >= 0.6 is 0 Å². The number of para-hydroxylation sites is 1. The lowest BCUT2D eigenvalue weighted by Crippen LogP contribution is -2.40. The van der Waals surface area contributed by atoms with Gasteiger partial charge in [-0.15, -0.1) is 5.92 Å². The molecule has 12 rings (SSSR count). The molecule has 5 fully saturated rings. The van der Waals surface area contributed by atoms with Crippen LogP contribution in [0.1, 0.15) is 438 Å². The van der Waals surface area contributed by atoms with E-state index < -0.39 is 0 Å². The van der Waals surface area contributed by atoms with Gasteiger partial charge in [-0.2, -0.15) is 0 Å². The lowest BCUT2D eigenvalue weighted by molar-refractivity contribution is 0.113. The van der Waals surface area contributed by atoms with E-state index in [1.54, 1.807) is 12.4 Å². The van der Waals surface area contributed by atoms with E-state index in [0.717, 1.165) is 68.5 Å². The van der Waals surface area contributed by atoms with E-state index in [0.29, 0.717) is 96.3 Å². The molecule has 1 saturated heterocycles. The highest BCUT2D eigenvalue weighted by atomic mass is 16.3. The van der Waals surface area contributed by atoms with Gasteiger partial charge in [0.05, 0.1) is 0 Å². The number of allylic oxidation sites excluding steroid dienone is 2. The standard InChI is InChI=1S/C12H19N.C11H24N2.C11H18N2.C11H16.C10H15N.C10H18.C10H16.C10H14.C9H13N.C8H11N.C7H15N.C7H17N.C7H14O.C7H16O.C6H14O2/c1-12(2,3)9-10-13-11-7-5-4-6-8-11;2*1-11(2,3)6-9-13-10-4-7-12-8-5-10;1-9-5-7-10(8-6-9)11(2,3)4;1-10(2,3)8-9-4-6-11-7-5-9;2*1-10(2,3)8-4-5-9-6-7-9;1-10(2,3)9-7-5-4-6-8-9;1-7(2)9-4-5-10-6-8(9)3;1-7(2)8-3-5-9-6-4-8;1-6(2)7(5-8)3-4-7;1-6(2)7(3,4)5-8;1-6(2)7(5-8)3-4-7;1-6(2)7(3,4)5-8;1-5(2)6(3-7)4-8/h4-8,13H,9-10H2,1-3H3;10,12-13H,4-9H2,1-3H3;4-5,7-8H,6,9H2,1-3H3,(H,12,13);5-8H,1-4H3;4-7H,8H2,1-3H3;4-5,9H,6-8H2,1-3H3;9H,6-8H2,1-3H3;4-8H,1-3H3;4-7H,1-3H3;3-7H,1-2H3;6H,3-5,8H2,1-2H3;6H,5,8H2,1-4H3;6,8H,3-5H2,1-2H3;6,8H,5H2,1-4H3;5-8H,3-4H2,1-2H3/b;;;;;5-4+;;;;;;;;;. The zero-order valence-corrected chi connectivity index (χ0v) is 106. The first-order valence-corrected chi connectivity index (χ1v) is 57.9. The Morgan fingerprint density at radius 3 is 1.13 bits per heavy atom. The SMILES string of the molecule is CC(C)(C)C/C=C/C1CC1.CC(C)(C)CC#CC1CC1.CC(C)(C)CCNC1CCNCC1.CC(C)(C)CCNc1ccccc1.CC(C)(C)CCNc1ccncc1.CC(C)(C)Cc1ccncc1.CC(C)(C)c1ccccc1.CC(C)C(C)(C)CN.CC(C)C(C)(C)CO.CC(C)C(CO)CO.CC(C)C1(CN)CC1.CC(C)C1(CO)CC1.CC(C)c1ccncc1.Cc1ccc(C(C)(C)C)cc1.Cc1cnccc1C(C)C. The van der Waals surface area contributed by atoms with Crippen molar-refractivity contribution in [3.63, 3.8) is 0 Å². The van der Waals surface area contributed by atoms with Crippen LogP contribution in [-0.2, 0) is 17.3 Å². The second kappa shape index (κ2) is 75.7. The third-order valence-corrected chi connectivity index (χ3v) is 28.3. The van der Waals surface area contributed by atoms with Gasteiger partial charge in [-0.3, -0.25) is 19.9 Å². The van der Waals surface area contributed by atoms with Crippen molar-refractivity contribution in [2.24, 2.45) is 113 Å². The highest BCUT2D eigenvalue weighted by Crippen LogP contribution is 2.52. The summed E-state index contributed by atoms with van der Waals surface area (Å²) in [6.07, 6.45) is 39.8. The summed E-state index contributed by atoms with van der Waals surface area (Å²) in [4.78, 5) is 15.9. The fraction of sp³-hybridized carbons (Fsp3) is 0.691. The number of aliphatic hydroxyl groups excluding tert-OH is 4. The van der Waals surface area contributed by atoms with Gasteiger partial charge in [0.2, 0.25) is 0 Å². The average molecular weight is 2080 g/mol. The van der Waals surface area contributed by atoms with Gasteiger partial charge in [0.1, 0.15) is 0 Å². The molecule has 150 heavy (non-hydrogen) atoms. The number of piperidine rings is 1. The van der Waals surface area contributed by atoms with Gasteiger partial charge in [-0.05, 0) is 343 Å². The molecule has 3 aromatic carbocycles. The van der Waals surface area contributed by atoms with Crippen LogP contribution < -0.4 is 32.7 Å². The number of benzene rings is 3. The maximum absolute atomic E-state index is 8.83. The molecule has 4 aromatic heterocycles. The van der Waals surface area contributed by atoms with Crippen molar-refractivity contribution in [3.8, 4) is 11.8 Å². The number of aromatic nitrogens is 4. The average Bonchev–Trinajstić information content (AvgIpc) is 1.65. The van der Waals surface area contributed by atoms with Crippen LogP contribution in [0.25, 0.3) is 0 Å². The summed E-state index contributed by atoms with van der Waals surface area (Å²) in [6, 6.07) is 44.7. The maximum atomic E-state index is 8.83. The minimum atomic E-state index is 0.0648. The summed E-state index contributed by atoms with van der Waals surface area (Å²) in [6.45, 7) is 105. The number of nitrogens with two attached hydrogens (primary N) is 2. The van der Waals surface area contributed by atoms with E-state index in [4.69, 9.17) is 31.9 Å². The van der Waals surface area contributed by atoms with Gasteiger partial charge >= 0.3 is 0 Å². The molecule has 5 aliphatic rings. The number of rotatable bonds is 25. The van der Waals surface area contributed by atoms with Crippen LogP contribution in [-0.4, -0.2) is 119 Å². The van der Waals surface area contributed by atoms with Gasteiger partial charge < -0.3 is 53.2 Å². The first-order chi connectivity index (χ1) is 69.2. The van der Waals surface area contributed by atoms with Crippen molar-refractivity contribution in [3.05, 3.63) is 228 Å². The van der Waals surface area contributed by atoms with E-state index >= 15 is 0 Å². The molecular formula is C136H240N10O4. The molecule has 12 N–H and O–H groups in total. The highest BCUT2D eigenvalue weighted by Gasteiger charge is 2.45. The minimum absolute atomic E-state index is 0.0648. The molecule has 0 spiro atoms. The smallest absolute Gasteiger partial charge is 0.0489 e. The molecule has 14 heteroatoms. The van der Waals surface area contributed by atoms with E-state index in [1.165, 1.54) is 154 Å². The number of pyridine rings is 4. The summed E-state index contributed by atoms with van der Waals surface area (Å²) < 4.78 is 0. The fourth-order valence-electron chi connectivity index (χ4n) is 13.6. The Balaban J connectivity index is -0.00000155. The van der Waals surface area contributed by atoms with Crippen LogP contribution in [0.15, 0.2) is 189 Å². The van der Waals surface area contributed by atoms with Crippen molar-refractivity contribution in [1.82, 2.24) is 30.6 Å². The van der Waals surface area contributed by atoms with Crippen LogP contribution in [0.4, 0.5) is 11.4 Å². The molecule has 858 valence electrons. The van der Waals surface area contributed by atoms with Crippen LogP contribution in [0, 0.1) is 127 Å². The molecule has 5 heterocycles.